The summed E-state index contributed by atoms with van der Waals surface area (Å²) in [6.45, 7) is 6.15. The van der Waals surface area contributed by atoms with E-state index in [0.29, 0.717) is 12.1 Å². The van der Waals surface area contributed by atoms with Crippen LogP contribution in [0.1, 0.15) is 32.3 Å². The second kappa shape index (κ2) is 4.35. The number of anilines is 1. The minimum absolute atomic E-state index is 0.227. The van der Waals surface area contributed by atoms with Gasteiger partial charge in [-0.15, -0.1) is 0 Å². The Bertz CT molecular complexity index is 435. The maximum Gasteiger partial charge on any atom is 0.292 e. The van der Waals surface area contributed by atoms with Gasteiger partial charge < -0.3 is 4.90 Å². The molecule has 0 amide bonds. The van der Waals surface area contributed by atoms with E-state index in [1.165, 1.54) is 0 Å². The van der Waals surface area contributed by atoms with Crippen molar-refractivity contribution in [2.45, 2.75) is 45.7 Å². The lowest BCUT2D eigenvalue weighted by Crippen LogP contribution is -2.33. The minimum Gasteiger partial charge on any atom is -0.361 e. The molecule has 0 saturated carbocycles. The summed E-state index contributed by atoms with van der Waals surface area (Å²) < 4.78 is 0. The van der Waals surface area contributed by atoms with Gasteiger partial charge in [0.1, 0.15) is 5.69 Å². The summed E-state index contributed by atoms with van der Waals surface area (Å²) in [5.41, 5.74) is 1.92. The summed E-state index contributed by atoms with van der Waals surface area (Å²) in [6, 6.07) is 6.25. The zero-order valence-electron chi connectivity index (χ0n) is 10.5. The molecule has 2 atom stereocenters. The van der Waals surface area contributed by atoms with Gasteiger partial charge in [0.2, 0.25) is 0 Å². The zero-order valence-corrected chi connectivity index (χ0v) is 10.5. The number of rotatable bonds is 2. The molecule has 1 saturated heterocycles. The number of hydrogen-bond acceptors (Lipinski definition) is 3. The summed E-state index contributed by atoms with van der Waals surface area (Å²) in [5.74, 6) is 0. The molecule has 1 heterocycles. The monoisotopic (exact) mass is 234 g/mol. The molecule has 0 radical (unpaired) electrons. The third-order valence-corrected chi connectivity index (χ3v) is 3.56. The van der Waals surface area contributed by atoms with E-state index < -0.39 is 0 Å². The summed E-state index contributed by atoms with van der Waals surface area (Å²) in [4.78, 5) is 13.0. The average Bonchev–Trinajstić information content (AvgIpc) is 2.59. The first kappa shape index (κ1) is 11.9. The number of nitro benzene ring substituents is 1. The van der Waals surface area contributed by atoms with Crippen LogP contribution >= 0.6 is 0 Å². The van der Waals surface area contributed by atoms with Gasteiger partial charge >= 0.3 is 0 Å². The van der Waals surface area contributed by atoms with Gasteiger partial charge in [0.15, 0.2) is 0 Å². The molecule has 17 heavy (non-hydrogen) atoms. The molecule has 2 rings (SSSR count). The van der Waals surface area contributed by atoms with E-state index in [0.717, 1.165) is 24.1 Å². The Labute approximate surface area is 101 Å². The van der Waals surface area contributed by atoms with Crippen LogP contribution in [-0.2, 0) is 0 Å². The molecule has 0 spiro atoms. The molecule has 1 aromatic carbocycles. The van der Waals surface area contributed by atoms with Crippen LogP contribution in [0, 0.1) is 17.0 Å². The van der Waals surface area contributed by atoms with Crippen LogP contribution in [0.2, 0.25) is 0 Å². The number of nitrogens with zero attached hydrogens (tertiary/aromatic N) is 2. The average molecular weight is 234 g/mol. The second-order valence-corrected chi connectivity index (χ2v) is 4.93. The van der Waals surface area contributed by atoms with Crippen molar-refractivity contribution in [3.05, 3.63) is 33.9 Å². The topological polar surface area (TPSA) is 46.4 Å². The third kappa shape index (κ3) is 2.12. The van der Waals surface area contributed by atoms with E-state index >= 15 is 0 Å². The van der Waals surface area contributed by atoms with Gasteiger partial charge in [0.05, 0.1) is 4.92 Å². The predicted octanol–water partition coefficient (Wildman–Crippen LogP) is 3.28. The molecule has 1 aromatic rings. The van der Waals surface area contributed by atoms with Crippen LogP contribution in [0.3, 0.4) is 0 Å². The van der Waals surface area contributed by atoms with E-state index in [4.69, 9.17) is 0 Å². The van der Waals surface area contributed by atoms with Gasteiger partial charge in [-0.25, -0.2) is 0 Å². The Balaban J connectivity index is 2.47. The van der Waals surface area contributed by atoms with Crippen molar-refractivity contribution in [2.24, 2.45) is 0 Å². The smallest absolute Gasteiger partial charge is 0.292 e. The summed E-state index contributed by atoms with van der Waals surface area (Å²) in [6.07, 6.45) is 2.21. The fraction of sp³-hybridized carbons (Fsp3) is 0.538. The first-order chi connectivity index (χ1) is 8.00. The summed E-state index contributed by atoms with van der Waals surface area (Å²) in [5, 5.41) is 11.1. The van der Waals surface area contributed by atoms with Crippen molar-refractivity contribution in [1.82, 2.24) is 0 Å². The fourth-order valence-corrected chi connectivity index (χ4v) is 2.67. The molecule has 1 aliphatic rings. The van der Waals surface area contributed by atoms with Gasteiger partial charge in [-0.2, -0.15) is 0 Å². The number of aryl methyl sites for hydroxylation is 1. The lowest BCUT2D eigenvalue weighted by molar-refractivity contribution is -0.384. The highest BCUT2D eigenvalue weighted by molar-refractivity contribution is 5.65. The van der Waals surface area contributed by atoms with Gasteiger partial charge in [0, 0.05) is 18.2 Å². The van der Waals surface area contributed by atoms with Crippen LogP contribution in [-0.4, -0.2) is 17.0 Å². The Morgan fingerprint density at radius 2 is 1.88 bits per heavy atom. The normalized spacial score (nSPS) is 24.1. The highest BCUT2D eigenvalue weighted by atomic mass is 16.6. The third-order valence-electron chi connectivity index (χ3n) is 3.56. The Kier molecular flexibility index (Phi) is 3.05. The predicted molar refractivity (Wildman–Crippen MR) is 68.5 cm³/mol. The van der Waals surface area contributed by atoms with Crippen LogP contribution < -0.4 is 4.90 Å². The van der Waals surface area contributed by atoms with Crippen LogP contribution in [0.4, 0.5) is 11.4 Å². The van der Waals surface area contributed by atoms with E-state index in [-0.39, 0.29) is 10.6 Å². The van der Waals surface area contributed by atoms with E-state index in [2.05, 4.69) is 18.7 Å². The Hall–Kier alpha value is -1.58. The largest absolute Gasteiger partial charge is 0.361 e. The minimum atomic E-state index is -0.278. The molecule has 92 valence electrons. The fourth-order valence-electron chi connectivity index (χ4n) is 2.67. The van der Waals surface area contributed by atoms with Gasteiger partial charge in [-0.05, 0) is 45.2 Å². The summed E-state index contributed by atoms with van der Waals surface area (Å²) >= 11 is 0. The number of nitro groups is 1. The molecule has 0 aliphatic carbocycles. The van der Waals surface area contributed by atoms with Crippen molar-refractivity contribution >= 4 is 11.4 Å². The molecule has 4 heteroatoms. The maximum absolute atomic E-state index is 11.1. The lowest BCUT2D eigenvalue weighted by Gasteiger charge is -2.28. The van der Waals surface area contributed by atoms with Crippen molar-refractivity contribution in [2.75, 3.05) is 4.90 Å². The quantitative estimate of drug-likeness (QED) is 0.582. The van der Waals surface area contributed by atoms with Crippen LogP contribution in [0.25, 0.3) is 0 Å². The van der Waals surface area contributed by atoms with E-state index in [1.807, 2.05) is 19.1 Å². The van der Waals surface area contributed by atoms with Crippen LogP contribution in [0.15, 0.2) is 18.2 Å². The van der Waals surface area contributed by atoms with Crippen molar-refractivity contribution < 1.29 is 4.92 Å². The first-order valence-corrected chi connectivity index (χ1v) is 6.04. The summed E-state index contributed by atoms with van der Waals surface area (Å²) in [7, 11) is 0. The van der Waals surface area contributed by atoms with Crippen molar-refractivity contribution in [3.63, 3.8) is 0 Å². The van der Waals surface area contributed by atoms with Crippen molar-refractivity contribution in [3.8, 4) is 0 Å². The highest BCUT2D eigenvalue weighted by Crippen LogP contribution is 2.36. The zero-order chi connectivity index (χ0) is 12.6. The van der Waals surface area contributed by atoms with Gasteiger partial charge in [0.25, 0.3) is 5.69 Å². The van der Waals surface area contributed by atoms with E-state index in [9.17, 15) is 10.1 Å². The highest BCUT2D eigenvalue weighted by Gasteiger charge is 2.31. The molecule has 1 aliphatic heterocycles. The number of hydrogen-bond donors (Lipinski definition) is 0. The maximum atomic E-state index is 11.1. The molecule has 2 unspecified atom stereocenters. The molecular formula is C13H18N2O2. The van der Waals surface area contributed by atoms with Gasteiger partial charge in [-0.1, -0.05) is 6.07 Å². The number of benzene rings is 1. The standard InChI is InChI=1S/C13H18N2O2/c1-9-4-7-12(13(8-9)15(16)17)14-10(2)5-6-11(14)3/h4,7-8,10-11H,5-6H2,1-3H3. The van der Waals surface area contributed by atoms with Crippen LogP contribution in [0.5, 0.6) is 0 Å². The lowest BCUT2D eigenvalue weighted by atomic mass is 10.1. The second-order valence-electron chi connectivity index (χ2n) is 4.93. The molecule has 0 bridgehead atoms. The Morgan fingerprint density at radius 1 is 1.29 bits per heavy atom. The molecular weight excluding hydrogens is 216 g/mol. The molecule has 0 N–H and O–H groups in total. The first-order valence-electron chi connectivity index (χ1n) is 6.04. The molecule has 1 fully saturated rings. The van der Waals surface area contributed by atoms with Crippen molar-refractivity contribution in [1.29, 1.82) is 0 Å². The van der Waals surface area contributed by atoms with Gasteiger partial charge in [-0.3, -0.25) is 10.1 Å². The SMILES string of the molecule is Cc1ccc(N2C(C)CCC2C)c([N+](=O)[O-])c1. The molecule has 0 aromatic heterocycles. The Morgan fingerprint density at radius 3 is 2.41 bits per heavy atom. The molecule has 4 nitrogen and oxygen atoms in total. The van der Waals surface area contributed by atoms with E-state index in [1.54, 1.807) is 6.07 Å².